The second-order valence-electron chi connectivity index (χ2n) is 4.89. The Bertz CT molecular complexity index is 418. The average molecular weight is 288 g/mol. The summed E-state index contributed by atoms with van der Waals surface area (Å²) < 4.78 is 0. The number of nitrogens with one attached hydrogen (secondary N) is 1. The van der Waals surface area contributed by atoms with Crippen molar-refractivity contribution < 1.29 is 4.79 Å². The van der Waals surface area contributed by atoms with Crippen LogP contribution in [-0.2, 0) is 4.79 Å². The topological polar surface area (TPSA) is 29.1 Å². The molecule has 0 heterocycles. The van der Waals surface area contributed by atoms with Gasteiger partial charge in [-0.3, -0.25) is 4.79 Å². The van der Waals surface area contributed by atoms with Gasteiger partial charge in [-0.05, 0) is 37.0 Å². The second kappa shape index (κ2) is 7.01. The molecular weight excluding hydrogens is 269 g/mol. The van der Waals surface area contributed by atoms with Crippen molar-refractivity contribution >= 4 is 29.1 Å². The molecule has 1 rings (SSSR count). The summed E-state index contributed by atoms with van der Waals surface area (Å²) in [6.45, 7) is 6.13. The van der Waals surface area contributed by atoms with E-state index in [0.717, 1.165) is 12.0 Å². The van der Waals surface area contributed by atoms with Gasteiger partial charge >= 0.3 is 0 Å². The quantitative estimate of drug-likeness (QED) is 0.842. The third-order valence-corrected chi connectivity index (χ3v) is 3.32. The van der Waals surface area contributed by atoms with Crippen molar-refractivity contribution in [3.05, 3.63) is 33.8 Å². The first-order valence-corrected chi connectivity index (χ1v) is 6.90. The van der Waals surface area contributed by atoms with Gasteiger partial charge in [0, 0.05) is 16.5 Å². The monoisotopic (exact) mass is 287 g/mol. The van der Waals surface area contributed by atoms with E-state index < -0.39 is 0 Å². The van der Waals surface area contributed by atoms with Crippen LogP contribution < -0.4 is 5.32 Å². The lowest BCUT2D eigenvalue weighted by Gasteiger charge is -2.16. The Balaban J connectivity index is 2.59. The summed E-state index contributed by atoms with van der Waals surface area (Å²) >= 11 is 11.9. The SMILES string of the molecule is CC(C)CCC(=O)NC(C)c1ccc(Cl)cc1Cl. The number of carbonyl (C=O) groups is 1. The number of halogens is 2. The highest BCUT2D eigenvalue weighted by atomic mass is 35.5. The highest BCUT2D eigenvalue weighted by Gasteiger charge is 2.13. The minimum atomic E-state index is -0.102. The van der Waals surface area contributed by atoms with Crippen molar-refractivity contribution in [3.63, 3.8) is 0 Å². The zero-order valence-corrected chi connectivity index (χ0v) is 12.5. The van der Waals surface area contributed by atoms with E-state index in [0.29, 0.717) is 22.4 Å². The maximum Gasteiger partial charge on any atom is 0.220 e. The highest BCUT2D eigenvalue weighted by molar-refractivity contribution is 6.35. The molecule has 4 heteroatoms. The van der Waals surface area contributed by atoms with Crippen molar-refractivity contribution in [2.45, 2.75) is 39.7 Å². The van der Waals surface area contributed by atoms with Crippen LogP contribution >= 0.6 is 23.2 Å². The highest BCUT2D eigenvalue weighted by Crippen LogP contribution is 2.26. The summed E-state index contributed by atoms with van der Waals surface area (Å²) in [5.41, 5.74) is 0.888. The molecule has 0 aromatic heterocycles. The van der Waals surface area contributed by atoms with E-state index in [4.69, 9.17) is 23.2 Å². The number of hydrogen-bond donors (Lipinski definition) is 1. The Labute approximate surface area is 119 Å². The summed E-state index contributed by atoms with van der Waals surface area (Å²) in [5.74, 6) is 0.590. The molecule has 0 fully saturated rings. The van der Waals surface area contributed by atoms with Gasteiger partial charge in [0.2, 0.25) is 5.91 Å². The molecule has 1 atom stereocenters. The first kappa shape index (κ1) is 15.3. The summed E-state index contributed by atoms with van der Waals surface area (Å²) in [6, 6.07) is 5.21. The number of benzene rings is 1. The van der Waals surface area contributed by atoms with E-state index in [1.807, 2.05) is 13.0 Å². The van der Waals surface area contributed by atoms with Gasteiger partial charge in [0.25, 0.3) is 0 Å². The van der Waals surface area contributed by atoms with Crippen molar-refractivity contribution in [3.8, 4) is 0 Å². The van der Waals surface area contributed by atoms with E-state index >= 15 is 0 Å². The molecule has 2 nitrogen and oxygen atoms in total. The summed E-state index contributed by atoms with van der Waals surface area (Å²) in [5, 5.41) is 4.13. The second-order valence-corrected chi connectivity index (χ2v) is 5.73. The van der Waals surface area contributed by atoms with Crippen LogP contribution in [0.5, 0.6) is 0 Å². The minimum absolute atomic E-state index is 0.0576. The minimum Gasteiger partial charge on any atom is -0.350 e. The predicted octanol–water partition coefficient (Wildman–Crippen LogP) is 4.61. The Hall–Kier alpha value is -0.730. The number of rotatable bonds is 5. The third kappa shape index (κ3) is 4.87. The van der Waals surface area contributed by atoms with Crippen molar-refractivity contribution in [2.24, 2.45) is 5.92 Å². The Morgan fingerprint density at radius 1 is 1.28 bits per heavy atom. The molecule has 1 aromatic carbocycles. The van der Waals surface area contributed by atoms with Gasteiger partial charge in [0.05, 0.1) is 6.04 Å². The molecule has 0 bridgehead atoms. The van der Waals surface area contributed by atoms with Crippen LogP contribution in [0.1, 0.15) is 45.2 Å². The largest absolute Gasteiger partial charge is 0.350 e. The molecule has 1 N–H and O–H groups in total. The molecule has 0 saturated carbocycles. The molecule has 0 spiro atoms. The van der Waals surface area contributed by atoms with Gasteiger partial charge < -0.3 is 5.32 Å². The number of hydrogen-bond acceptors (Lipinski definition) is 1. The summed E-state index contributed by atoms with van der Waals surface area (Å²) in [4.78, 5) is 11.7. The molecule has 0 aliphatic carbocycles. The van der Waals surface area contributed by atoms with Gasteiger partial charge in [-0.2, -0.15) is 0 Å². The molecule has 0 saturated heterocycles. The van der Waals surface area contributed by atoms with E-state index in [2.05, 4.69) is 19.2 Å². The molecule has 0 radical (unpaired) electrons. The van der Waals surface area contributed by atoms with Gasteiger partial charge in [-0.15, -0.1) is 0 Å². The van der Waals surface area contributed by atoms with Crippen LogP contribution in [-0.4, -0.2) is 5.91 Å². The Kier molecular flexibility index (Phi) is 5.97. The average Bonchev–Trinajstić information content (AvgIpc) is 2.26. The Morgan fingerprint density at radius 2 is 1.94 bits per heavy atom. The van der Waals surface area contributed by atoms with E-state index in [1.165, 1.54) is 0 Å². The molecule has 18 heavy (non-hydrogen) atoms. The molecule has 100 valence electrons. The van der Waals surface area contributed by atoms with Crippen LogP contribution in [0, 0.1) is 5.92 Å². The zero-order chi connectivity index (χ0) is 13.7. The molecule has 0 aliphatic heterocycles. The first-order chi connectivity index (χ1) is 8.40. The lowest BCUT2D eigenvalue weighted by Crippen LogP contribution is -2.26. The normalized spacial score (nSPS) is 12.6. The molecule has 1 aromatic rings. The fraction of sp³-hybridized carbons (Fsp3) is 0.500. The van der Waals surface area contributed by atoms with Gasteiger partial charge in [0.15, 0.2) is 0 Å². The van der Waals surface area contributed by atoms with E-state index in [9.17, 15) is 4.79 Å². The van der Waals surface area contributed by atoms with Crippen LogP contribution in [0.15, 0.2) is 18.2 Å². The molecular formula is C14H19Cl2NO. The molecule has 0 aliphatic rings. The van der Waals surface area contributed by atoms with Crippen molar-refractivity contribution in [1.29, 1.82) is 0 Å². The van der Waals surface area contributed by atoms with Crippen molar-refractivity contribution in [2.75, 3.05) is 0 Å². The van der Waals surface area contributed by atoms with Gasteiger partial charge in [-0.1, -0.05) is 43.1 Å². The first-order valence-electron chi connectivity index (χ1n) is 6.14. The Morgan fingerprint density at radius 3 is 2.50 bits per heavy atom. The van der Waals surface area contributed by atoms with Gasteiger partial charge in [-0.25, -0.2) is 0 Å². The van der Waals surface area contributed by atoms with Crippen LogP contribution in [0.25, 0.3) is 0 Å². The zero-order valence-electron chi connectivity index (χ0n) is 11.0. The lowest BCUT2D eigenvalue weighted by atomic mass is 10.1. The maximum absolute atomic E-state index is 11.7. The molecule has 1 unspecified atom stereocenters. The lowest BCUT2D eigenvalue weighted by molar-refractivity contribution is -0.122. The number of carbonyl (C=O) groups excluding carboxylic acids is 1. The maximum atomic E-state index is 11.7. The smallest absolute Gasteiger partial charge is 0.220 e. The van der Waals surface area contributed by atoms with Crippen molar-refractivity contribution in [1.82, 2.24) is 5.32 Å². The van der Waals surface area contributed by atoms with E-state index in [1.54, 1.807) is 12.1 Å². The van der Waals surface area contributed by atoms with Crippen LogP contribution in [0.4, 0.5) is 0 Å². The summed E-state index contributed by atoms with van der Waals surface area (Å²) in [7, 11) is 0. The van der Waals surface area contributed by atoms with Crippen LogP contribution in [0.3, 0.4) is 0 Å². The fourth-order valence-electron chi connectivity index (χ4n) is 1.66. The fourth-order valence-corrected chi connectivity index (χ4v) is 2.24. The standard InChI is InChI=1S/C14H19Cl2NO/c1-9(2)4-7-14(18)17-10(3)12-6-5-11(15)8-13(12)16/h5-6,8-10H,4,7H2,1-3H3,(H,17,18). The third-order valence-electron chi connectivity index (χ3n) is 2.76. The van der Waals surface area contributed by atoms with E-state index in [-0.39, 0.29) is 11.9 Å². The summed E-state index contributed by atoms with van der Waals surface area (Å²) in [6.07, 6.45) is 1.44. The van der Waals surface area contributed by atoms with Gasteiger partial charge in [0.1, 0.15) is 0 Å². The predicted molar refractivity (Wildman–Crippen MR) is 77.1 cm³/mol. The number of amides is 1. The van der Waals surface area contributed by atoms with Crippen LogP contribution in [0.2, 0.25) is 10.0 Å². The molecule has 1 amide bonds.